The summed E-state index contributed by atoms with van der Waals surface area (Å²) >= 11 is 0. The van der Waals surface area contributed by atoms with Gasteiger partial charge in [-0.2, -0.15) is 0 Å². The van der Waals surface area contributed by atoms with Gasteiger partial charge in [0.15, 0.2) is 0 Å². The van der Waals surface area contributed by atoms with Gasteiger partial charge in [-0.3, -0.25) is 0 Å². The Bertz CT molecular complexity index is 153. The maximum Gasteiger partial charge on any atom is 0.485 e. The van der Waals surface area contributed by atoms with Crippen LogP contribution < -0.4 is 0 Å². The fraction of sp³-hybridized carbons (Fsp3) is 0.818. The van der Waals surface area contributed by atoms with Crippen molar-refractivity contribution in [3.63, 3.8) is 0 Å². The normalized spacial score (nSPS) is 17.9. The summed E-state index contributed by atoms with van der Waals surface area (Å²) in [5.74, 6) is 2.05. The molecule has 0 saturated carbocycles. The molecule has 80 valence electrons. The molecule has 2 nitrogen and oxygen atoms in total. The summed E-state index contributed by atoms with van der Waals surface area (Å²) in [6.45, 7) is 3.91. The van der Waals surface area contributed by atoms with Crippen LogP contribution in [0.4, 0.5) is 0 Å². The predicted molar refractivity (Wildman–Crippen MR) is 60.2 cm³/mol. The summed E-state index contributed by atoms with van der Waals surface area (Å²) in [7, 11) is -0.0741. The van der Waals surface area contributed by atoms with E-state index in [2.05, 4.69) is 13.0 Å². The molecule has 1 heterocycles. The first kappa shape index (κ1) is 11.8. The van der Waals surface area contributed by atoms with Gasteiger partial charge in [-0.15, -0.1) is 0 Å². The van der Waals surface area contributed by atoms with Crippen molar-refractivity contribution >= 4 is 7.12 Å². The van der Waals surface area contributed by atoms with Crippen LogP contribution in [0.25, 0.3) is 0 Å². The van der Waals surface area contributed by atoms with Crippen LogP contribution in [0.5, 0.6) is 0 Å². The first-order valence-electron chi connectivity index (χ1n) is 5.83. The minimum atomic E-state index is -0.0741. The number of rotatable bonds is 6. The van der Waals surface area contributed by atoms with Crippen molar-refractivity contribution in [3.05, 3.63) is 12.1 Å². The van der Waals surface area contributed by atoms with Gasteiger partial charge >= 0.3 is 7.12 Å². The molecule has 3 heteroatoms. The Kier molecular flexibility index (Phi) is 6.80. The zero-order chi connectivity index (χ0) is 10.1. The molecule has 1 fully saturated rings. The van der Waals surface area contributed by atoms with Crippen molar-refractivity contribution in [1.82, 2.24) is 0 Å². The summed E-state index contributed by atoms with van der Waals surface area (Å²) < 4.78 is 10.8. The second kappa shape index (κ2) is 8.07. The third-order valence-corrected chi connectivity index (χ3v) is 2.37. The van der Waals surface area contributed by atoms with Crippen molar-refractivity contribution in [1.29, 1.82) is 0 Å². The van der Waals surface area contributed by atoms with E-state index in [0.717, 1.165) is 26.1 Å². The van der Waals surface area contributed by atoms with E-state index in [1.165, 1.54) is 25.7 Å². The molecule has 0 radical (unpaired) electrons. The van der Waals surface area contributed by atoms with Crippen LogP contribution in [0.2, 0.25) is 0 Å². The van der Waals surface area contributed by atoms with Gasteiger partial charge in [0.25, 0.3) is 0 Å². The summed E-state index contributed by atoms with van der Waals surface area (Å²) in [4.78, 5) is 0. The lowest BCUT2D eigenvalue weighted by molar-refractivity contribution is 0.142. The molecule has 1 rings (SSSR count). The molecular formula is C11H21BO2. The summed E-state index contributed by atoms with van der Waals surface area (Å²) in [5, 5.41) is 0. The fourth-order valence-electron chi connectivity index (χ4n) is 1.51. The molecular weight excluding hydrogens is 175 g/mol. The van der Waals surface area contributed by atoms with Gasteiger partial charge in [0, 0.05) is 13.2 Å². The van der Waals surface area contributed by atoms with Crippen LogP contribution >= 0.6 is 0 Å². The Balaban J connectivity index is 1.96. The van der Waals surface area contributed by atoms with Crippen LogP contribution in [0.15, 0.2) is 12.1 Å². The molecule has 0 aromatic carbocycles. The number of allylic oxidation sites excluding steroid dienone is 1. The third kappa shape index (κ3) is 5.45. The maximum absolute atomic E-state index is 5.40. The second-order valence-electron chi connectivity index (χ2n) is 3.74. The third-order valence-electron chi connectivity index (χ3n) is 2.37. The number of unbranched alkanes of at least 4 members (excludes halogenated alkanes) is 4. The van der Waals surface area contributed by atoms with Gasteiger partial charge in [-0.25, -0.2) is 0 Å². The van der Waals surface area contributed by atoms with E-state index in [-0.39, 0.29) is 7.12 Å². The Morgan fingerprint density at radius 3 is 2.64 bits per heavy atom. The maximum atomic E-state index is 5.40. The van der Waals surface area contributed by atoms with E-state index < -0.39 is 0 Å². The van der Waals surface area contributed by atoms with Crippen LogP contribution in [0, 0.1) is 0 Å². The van der Waals surface area contributed by atoms with Crippen molar-refractivity contribution in [3.8, 4) is 0 Å². The molecule has 1 saturated heterocycles. The number of hydrogen-bond donors (Lipinski definition) is 0. The van der Waals surface area contributed by atoms with Crippen molar-refractivity contribution < 1.29 is 9.31 Å². The quantitative estimate of drug-likeness (QED) is 0.480. The van der Waals surface area contributed by atoms with Gasteiger partial charge in [0.05, 0.1) is 0 Å². The van der Waals surface area contributed by atoms with Gasteiger partial charge in [-0.1, -0.05) is 38.2 Å². The molecule has 0 aromatic rings. The van der Waals surface area contributed by atoms with E-state index in [0.29, 0.717) is 0 Å². The average molecular weight is 196 g/mol. The van der Waals surface area contributed by atoms with Crippen molar-refractivity contribution in [2.24, 2.45) is 0 Å². The van der Waals surface area contributed by atoms with E-state index in [1.54, 1.807) is 0 Å². The summed E-state index contributed by atoms with van der Waals surface area (Å²) in [6.07, 6.45) is 9.66. The van der Waals surface area contributed by atoms with Gasteiger partial charge in [-0.05, 0) is 19.3 Å². The molecule has 14 heavy (non-hydrogen) atoms. The van der Waals surface area contributed by atoms with Crippen LogP contribution in [-0.2, 0) is 9.31 Å². The Labute approximate surface area is 87.8 Å². The van der Waals surface area contributed by atoms with E-state index in [1.807, 2.05) is 5.98 Å². The highest BCUT2D eigenvalue weighted by Crippen LogP contribution is 2.05. The topological polar surface area (TPSA) is 18.5 Å². The van der Waals surface area contributed by atoms with Crippen LogP contribution in [0.3, 0.4) is 0 Å². The Hall–Kier alpha value is -0.275. The highest BCUT2D eigenvalue weighted by atomic mass is 16.6. The Morgan fingerprint density at radius 2 is 1.93 bits per heavy atom. The predicted octanol–water partition coefficient (Wildman–Crippen LogP) is 2.98. The summed E-state index contributed by atoms with van der Waals surface area (Å²) in [6, 6.07) is 0. The SMILES string of the molecule is CCCCCC/C=C/B1OCCCO1. The van der Waals surface area contributed by atoms with Gasteiger partial charge < -0.3 is 9.31 Å². The highest BCUT2D eigenvalue weighted by Gasteiger charge is 2.17. The van der Waals surface area contributed by atoms with Crippen LogP contribution in [-0.4, -0.2) is 20.3 Å². The minimum absolute atomic E-state index is 0.0741. The molecule has 0 N–H and O–H groups in total. The van der Waals surface area contributed by atoms with Gasteiger partial charge in [0.2, 0.25) is 0 Å². The zero-order valence-electron chi connectivity index (χ0n) is 9.21. The molecule has 0 bridgehead atoms. The lowest BCUT2D eigenvalue weighted by atomic mass is 9.88. The average Bonchev–Trinajstić information content (AvgIpc) is 2.25. The largest absolute Gasteiger partial charge is 0.485 e. The lowest BCUT2D eigenvalue weighted by Gasteiger charge is -2.16. The lowest BCUT2D eigenvalue weighted by Crippen LogP contribution is -2.27. The van der Waals surface area contributed by atoms with E-state index in [4.69, 9.17) is 9.31 Å². The Morgan fingerprint density at radius 1 is 1.14 bits per heavy atom. The molecule has 0 aliphatic carbocycles. The second-order valence-corrected chi connectivity index (χ2v) is 3.74. The van der Waals surface area contributed by atoms with E-state index >= 15 is 0 Å². The zero-order valence-corrected chi connectivity index (χ0v) is 9.21. The molecule has 0 spiro atoms. The molecule has 0 unspecified atom stereocenters. The molecule has 0 amide bonds. The van der Waals surface area contributed by atoms with Gasteiger partial charge in [0.1, 0.15) is 0 Å². The molecule has 0 aromatic heterocycles. The first-order chi connectivity index (χ1) is 6.93. The summed E-state index contributed by atoms with van der Waals surface area (Å²) in [5.41, 5.74) is 0. The fourth-order valence-corrected chi connectivity index (χ4v) is 1.51. The monoisotopic (exact) mass is 196 g/mol. The van der Waals surface area contributed by atoms with Crippen molar-refractivity contribution in [2.45, 2.75) is 45.4 Å². The molecule has 0 atom stereocenters. The molecule has 1 aliphatic rings. The molecule has 1 aliphatic heterocycles. The smallest absolute Gasteiger partial charge is 0.408 e. The van der Waals surface area contributed by atoms with Crippen LogP contribution in [0.1, 0.15) is 45.4 Å². The minimum Gasteiger partial charge on any atom is -0.408 e. The number of hydrogen-bond acceptors (Lipinski definition) is 2. The van der Waals surface area contributed by atoms with Crippen molar-refractivity contribution in [2.75, 3.05) is 13.2 Å². The first-order valence-corrected chi connectivity index (χ1v) is 5.83. The standard InChI is InChI=1S/C11H21BO2/c1-2-3-4-5-6-7-9-12-13-10-8-11-14-12/h7,9H,2-6,8,10-11H2,1H3/b9-7+. The van der Waals surface area contributed by atoms with E-state index in [9.17, 15) is 0 Å². The highest BCUT2D eigenvalue weighted by molar-refractivity contribution is 6.50.